The second-order valence-electron chi connectivity index (χ2n) is 8.53. The summed E-state index contributed by atoms with van der Waals surface area (Å²) in [6.45, 7) is 8.63. The topological polar surface area (TPSA) is 62.2 Å². The zero-order chi connectivity index (χ0) is 23.6. The van der Waals surface area contributed by atoms with Crippen LogP contribution < -0.4 is 4.74 Å². The molecule has 2 atom stereocenters. The summed E-state index contributed by atoms with van der Waals surface area (Å²) in [5, 5.41) is 12.5. The Morgan fingerprint density at radius 3 is 3.03 bits per heavy atom. The lowest BCUT2D eigenvalue weighted by molar-refractivity contribution is -0.136. The van der Waals surface area contributed by atoms with Crippen molar-refractivity contribution >= 4 is 17.2 Å². The van der Waals surface area contributed by atoms with Crippen molar-refractivity contribution in [2.75, 3.05) is 46.5 Å². The third-order valence-corrected chi connectivity index (χ3v) is 6.95. The normalized spacial score (nSPS) is 16.5. The third-order valence-electron chi connectivity index (χ3n) is 5.96. The highest BCUT2D eigenvalue weighted by atomic mass is 32.1. The van der Waals surface area contributed by atoms with Crippen molar-refractivity contribution < 1.29 is 19.4 Å². The molecule has 1 N–H and O–H groups in total. The van der Waals surface area contributed by atoms with Crippen molar-refractivity contribution in [2.24, 2.45) is 0 Å². The second-order valence-corrected chi connectivity index (χ2v) is 9.53. The number of aliphatic hydroxyl groups is 1. The molecule has 1 aliphatic rings. The molecular weight excluding hydrogens is 436 g/mol. The summed E-state index contributed by atoms with van der Waals surface area (Å²) in [5.41, 5.74) is 2.32. The Labute approximate surface area is 201 Å². The first-order valence-electron chi connectivity index (χ1n) is 11.6. The van der Waals surface area contributed by atoms with Crippen molar-refractivity contribution in [3.05, 3.63) is 64.4 Å². The quantitative estimate of drug-likeness (QED) is 0.449. The Bertz CT molecular complexity index is 900. The summed E-state index contributed by atoms with van der Waals surface area (Å²) in [5.74, 6) is 0.869. The van der Waals surface area contributed by atoms with Crippen LogP contribution in [0.1, 0.15) is 34.9 Å². The molecule has 1 aromatic carbocycles. The van der Waals surface area contributed by atoms with Crippen LogP contribution in [0.25, 0.3) is 0 Å². The van der Waals surface area contributed by atoms with E-state index in [9.17, 15) is 9.90 Å². The zero-order valence-electron chi connectivity index (χ0n) is 19.7. The molecule has 0 bridgehead atoms. The average molecular weight is 473 g/mol. The number of hydrogen-bond donors (Lipinski definition) is 1. The van der Waals surface area contributed by atoms with Crippen LogP contribution in [-0.2, 0) is 16.0 Å². The van der Waals surface area contributed by atoms with E-state index in [-0.39, 0.29) is 18.5 Å². The molecule has 7 heteroatoms. The fraction of sp³-hybridized carbons (Fsp3) is 0.500. The molecule has 0 saturated heterocycles. The van der Waals surface area contributed by atoms with E-state index in [0.29, 0.717) is 39.3 Å². The van der Waals surface area contributed by atoms with Crippen molar-refractivity contribution in [3.8, 4) is 5.75 Å². The number of ether oxygens (including phenoxy) is 2. The molecular formula is C26H36N2O4S. The van der Waals surface area contributed by atoms with E-state index in [4.69, 9.17) is 9.47 Å². The molecule has 2 unspecified atom stereocenters. The Hall–Kier alpha value is -2.19. The van der Waals surface area contributed by atoms with Crippen LogP contribution in [0.5, 0.6) is 5.75 Å². The number of rotatable bonds is 13. The maximum atomic E-state index is 13.5. The molecule has 1 aliphatic heterocycles. The van der Waals surface area contributed by atoms with Gasteiger partial charge in [-0.05, 0) is 60.9 Å². The van der Waals surface area contributed by atoms with Crippen LogP contribution >= 0.6 is 11.3 Å². The maximum absolute atomic E-state index is 13.5. The number of aryl methyl sites for hydroxylation is 1. The molecule has 180 valence electrons. The van der Waals surface area contributed by atoms with Gasteiger partial charge >= 0.3 is 0 Å². The molecule has 0 fully saturated rings. The number of aliphatic hydroxyl groups excluding tert-OH is 1. The zero-order valence-corrected chi connectivity index (χ0v) is 20.6. The van der Waals surface area contributed by atoms with Crippen molar-refractivity contribution in [1.29, 1.82) is 0 Å². The lowest BCUT2D eigenvalue weighted by Gasteiger charge is -2.37. The molecule has 0 radical (unpaired) electrons. The largest absolute Gasteiger partial charge is 0.491 e. The van der Waals surface area contributed by atoms with Crippen LogP contribution in [0.15, 0.2) is 48.4 Å². The van der Waals surface area contributed by atoms with E-state index in [2.05, 4.69) is 18.0 Å². The molecule has 0 saturated carbocycles. The number of carbonyl (C=O) groups is 1. The summed E-state index contributed by atoms with van der Waals surface area (Å²) < 4.78 is 11.4. The molecule has 33 heavy (non-hydrogen) atoms. The fourth-order valence-electron chi connectivity index (χ4n) is 4.19. The highest BCUT2D eigenvalue weighted by Crippen LogP contribution is 2.34. The number of amides is 1. The van der Waals surface area contributed by atoms with Crippen LogP contribution in [0, 0.1) is 6.92 Å². The van der Waals surface area contributed by atoms with E-state index in [1.807, 2.05) is 41.0 Å². The van der Waals surface area contributed by atoms with Crippen molar-refractivity contribution in [2.45, 2.75) is 38.3 Å². The van der Waals surface area contributed by atoms with E-state index >= 15 is 0 Å². The average Bonchev–Trinajstić information content (AvgIpc) is 3.28. The first kappa shape index (κ1) is 25.4. The molecule has 1 amide bonds. The van der Waals surface area contributed by atoms with Gasteiger partial charge in [-0.2, -0.15) is 0 Å². The van der Waals surface area contributed by atoms with Crippen LogP contribution in [-0.4, -0.2) is 73.4 Å². The van der Waals surface area contributed by atoms with Gasteiger partial charge in [-0.15, -0.1) is 17.9 Å². The second kappa shape index (κ2) is 12.9. The summed E-state index contributed by atoms with van der Waals surface area (Å²) in [4.78, 5) is 18.7. The van der Waals surface area contributed by atoms with Crippen molar-refractivity contribution in [1.82, 2.24) is 9.80 Å². The van der Waals surface area contributed by atoms with Crippen LogP contribution in [0.3, 0.4) is 0 Å². The Morgan fingerprint density at radius 1 is 1.42 bits per heavy atom. The van der Waals surface area contributed by atoms with Gasteiger partial charge < -0.3 is 19.5 Å². The predicted octanol–water partition coefficient (Wildman–Crippen LogP) is 3.84. The number of thiophene rings is 1. The van der Waals surface area contributed by atoms with E-state index in [1.54, 1.807) is 24.5 Å². The monoisotopic (exact) mass is 472 g/mol. The van der Waals surface area contributed by atoms with E-state index < -0.39 is 6.10 Å². The SMILES string of the molecule is C=CCCC(O)CN(CCOC)CC(=O)N1CCc2sccc2C1COc1cccc(C)c1. The number of benzene rings is 1. The van der Waals surface area contributed by atoms with Gasteiger partial charge in [0.2, 0.25) is 5.91 Å². The molecule has 0 aliphatic carbocycles. The lowest BCUT2D eigenvalue weighted by Crippen LogP contribution is -2.48. The number of fused-ring (bicyclic) bond motifs is 1. The number of allylic oxidation sites excluding steroid dienone is 1. The molecule has 0 spiro atoms. The van der Waals surface area contributed by atoms with Gasteiger partial charge in [-0.1, -0.05) is 18.2 Å². The molecule has 2 heterocycles. The van der Waals surface area contributed by atoms with E-state index in [0.717, 1.165) is 24.2 Å². The van der Waals surface area contributed by atoms with Gasteiger partial charge in [0.15, 0.2) is 0 Å². The van der Waals surface area contributed by atoms with Gasteiger partial charge in [-0.3, -0.25) is 9.69 Å². The van der Waals surface area contributed by atoms with Gasteiger partial charge in [0, 0.05) is 31.6 Å². The first-order valence-corrected chi connectivity index (χ1v) is 12.4. The minimum absolute atomic E-state index is 0.0525. The Kier molecular flexibility index (Phi) is 9.94. The van der Waals surface area contributed by atoms with Crippen molar-refractivity contribution in [3.63, 3.8) is 0 Å². The number of hydrogen-bond acceptors (Lipinski definition) is 6. The van der Waals surface area contributed by atoms with Gasteiger partial charge in [0.05, 0.1) is 25.3 Å². The Morgan fingerprint density at radius 2 is 2.27 bits per heavy atom. The van der Waals surface area contributed by atoms with Gasteiger partial charge in [-0.25, -0.2) is 0 Å². The molecule has 6 nitrogen and oxygen atoms in total. The minimum atomic E-state index is -0.502. The molecule has 3 rings (SSSR count). The van der Waals surface area contributed by atoms with Crippen LogP contribution in [0.4, 0.5) is 0 Å². The first-order chi connectivity index (χ1) is 16.0. The fourth-order valence-corrected chi connectivity index (χ4v) is 5.12. The van der Waals surface area contributed by atoms with Gasteiger partial charge in [0.25, 0.3) is 0 Å². The molecule has 1 aromatic heterocycles. The third kappa shape index (κ3) is 7.40. The summed E-state index contributed by atoms with van der Waals surface area (Å²) in [6.07, 6.45) is 3.55. The lowest BCUT2D eigenvalue weighted by atomic mass is 10.0. The highest BCUT2D eigenvalue weighted by molar-refractivity contribution is 7.10. The standard InChI is InChI=1S/C26H36N2O4S/c1-4-5-8-21(29)17-27(13-14-31-3)18-26(30)28-12-10-25-23(11-15-33-25)24(28)19-32-22-9-6-7-20(2)16-22/h4,6-7,9,11,15-16,21,24,29H,1,5,8,10,12-14,17-19H2,2-3H3. The summed E-state index contributed by atoms with van der Waals surface area (Å²) in [7, 11) is 1.65. The molecule has 2 aromatic rings. The number of nitrogens with zero attached hydrogens (tertiary/aromatic N) is 2. The summed E-state index contributed by atoms with van der Waals surface area (Å²) >= 11 is 1.75. The van der Waals surface area contributed by atoms with E-state index in [1.165, 1.54) is 10.4 Å². The van der Waals surface area contributed by atoms with Gasteiger partial charge in [0.1, 0.15) is 12.4 Å². The Balaban J connectivity index is 1.70. The summed E-state index contributed by atoms with van der Waals surface area (Å²) in [6, 6.07) is 9.98. The minimum Gasteiger partial charge on any atom is -0.491 e. The maximum Gasteiger partial charge on any atom is 0.237 e. The number of carbonyl (C=O) groups excluding carboxylic acids is 1. The predicted molar refractivity (Wildman–Crippen MR) is 133 cm³/mol. The highest BCUT2D eigenvalue weighted by Gasteiger charge is 2.33. The van der Waals surface area contributed by atoms with Crippen LogP contribution in [0.2, 0.25) is 0 Å². The smallest absolute Gasteiger partial charge is 0.237 e. The number of methoxy groups -OCH3 is 1.